The van der Waals surface area contributed by atoms with Gasteiger partial charge in [-0.25, -0.2) is 0 Å². The molecule has 0 fully saturated rings. The fraction of sp³-hybridized carbons (Fsp3) is 0.526. The molecule has 0 unspecified atom stereocenters. The van der Waals surface area contributed by atoms with Crippen LogP contribution in [-0.2, 0) is 11.2 Å². The summed E-state index contributed by atoms with van der Waals surface area (Å²) in [6.45, 7) is 8.97. The van der Waals surface area contributed by atoms with Crippen LogP contribution in [-0.4, -0.2) is 24.2 Å². The first-order valence-corrected chi connectivity index (χ1v) is 8.17. The number of nitrogens with one attached hydrogen (secondary N) is 1. The van der Waals surface area contributed by atoms with Crippen molar-refractivity contribution in [3.8, 4) is 0 Å². The van der Waals surface area contributed by atoms with Crippen molar-refractivity contribution in [3.05, 3.63) is 35.1 Å². The molecule has 0 bridgehead atoms. The van der Waals surface area contributed by atoms with Crippen molar-refractivity contribution in [2.24, 2.45) is 5.41 Å². The number of hydrogen-bond acceptors (Lipinski definition) is 3. The largest absolute Gasteiger partial charge is 0.464 e. The van der Waals surface area contributed by atoms with Gasteiger partial charge in [0.05, 0.1) is 12.7 Å². The Hall–Kier alpha value is -1.81. The Labute approximate surface area is 137 Å². The van der Waals surface area contributed by atoms with E-state index in [1.54, 1.807) is 6.26 Å². The third-order valence-electron chi connectivity index (χ3n) is 4.40. The van der Waals surface area contributed by atoms with Gasteiger partial charge in [0.1, 0.15) is 5.58 Å². The van der Waals surface area contributed by atoms with E-state index in [-0.39, 0.29) is 17.9 Å². The monoisotopic (exact) mass is 317 g/mol. The predicted molar refractivity (Wildman–Crippen MR) is 92.5 cm³/mol. The van der Waals surface area contributed by atoms with Crippen molar-refractivity contribution in [2.45, 2.75) is 47.0 Å². The van der Waals surface area contributed by atoms with Crippen LogP contribution in [0.25, 0.3) is 11.0 Å². The molecule has 0 saturated carbocycles. The highest BCUT2D eigenvalue weighted by atomic mass is 16.3. The molecule has 0 atom stereocenters. The van der Waals surface area contributed by atoms with Crippen molar-refractivity contribution in [1.29, 1.82) is 0 Å². The van der Waals surface area contributed by atoms with Crippen molar-refractivity contribution in [1.82, 2.24) is 5.32 Å². The summed E-state index contributed by atoms with van der Waals surface area (Å²) in [5.74, 6) is 0.00716. The molecule has 0 aliphatic rings. The molecule has 4 nitrogen and oxygen atoms in total. The quantitative estimate of drug-likeness (QED) is 0.768. The number of aliphatic hydroxyl groups is 1. The Morgan fingerprint density at radius 2 is 1.96 bits per heavy atom. The molecule has 23 heavy (non-hydrogen) atoms. The minimum Gasteiger partial charge on any atom is -0.464 e. The van der Waals surface area contributed by atoms with Crippen LogP contribution in [0.4, 0.5) is 0 Å². The SMILES string of the molecule is Cc1cc2occ(CC(=O)NCCCC(C)(C)CO)c2cc1C. The Morgan fingerprint density at radius 3 is 2.65 bits per heavy atom. The number of fused-ring (bicyclic) bond motifs is 1. The zero-order valence-corrected chi connectivity index (χ0v) is 14.5. The fourth-order valence-electron chi connectivity index (χ4n) is 2.58. The van der Waals surface area contributed by atoms with E-state index in [9.17, 15) is 9.90 Å². The van der Waals surface area contributed by atoms with Gasteiger partial charge in [-0.1, -0.05) is 13.8 Å². The first-order valence-electron chi connectivity index (χ1n) is 8.17. The van der Waals surface area contributed by atoms with Crippen molar-refractivity contribution in [3.63, 3.8) is 0 Å². The van der Waals surface area contributed by atoms with Gasteiger partial charge in [0.25, 0.3) is 0 Å². The predicted octanol–water partition coefficient (Wildman–Crippen LogP) is 3.51. The van der Waals surface area contributed by atoms with Crippen molar-refractivity contribution in [2.75, 3.05) is 13.2 Å². The Bertz CT molecular complexity index is 685. The van der Waals surface area contributed by atoms with Gasteiger partial charge in [0, 0.05) is 24.1 Å². The third-order valence-corrected chi connectivity index (χ3v) is 4.40. The highest BCUT2D eigenvalue weighted by Crippen LogP contribution is 2.25. The summed E-state index contributed by atoms with van der Waals surface area (Å²) in [6.07, 6.45) is 3.76. The van der Waals surface area contributed by atoms with E-state index < -0.39 is 0 Å². The summed E-state index contributed by atoms with van der Waals surface area (Å²) in [5.41, 5.74) is 4.07. The number of aliphatic hydroxyl groups excluding tert-OH is 1. The molecule has 0 spiro atoms. The van der Waals surface area contributed by atoms with E-state index in [0.717, 1.165) is 29.4 Å². The van der Waals surface area contributed by atoms with Gasteiger partial charge in [-0.05, 0) is 55.4 Å². The van der Waals surface area contributed by atoms with Gasteiger partial charge in [-0.3, -0.25) is 4.79 Å². The average molecular weight is 317 g/mol. The second kappa shape index (κ2) is 7.18. The van der Waals surface area contributed by atoms with Crippen LogP contribution >= 0.6 is 0 Å². The van der Waals surface area contributed by atoms with Crippen molar-refractivity contribution < 1.29 is 14.3 Å². The van der Waals surface area contributed by atoms with Crippen LogP contribution in [0.2, 0.25) is 0 Å². The number of hydrogen-bond donors (Lipinski definition) is 2. The summed E-state index contributed by atoms with van der Waals surface area (Å²) >= 11 is 0. The number of aryl methyl sites for hydroxylation is 2. The molecule has 2 N–H and O–H groups in total. The molecule has 0 saturated heterocycles. The summed E-state index contributed by atoms with van der Waals surface area (Å²) < 4.78 is 5.56. The Morgan fingerprint density at radius 1 is 1.26 bits per heavy atom. The number of furan rings is 1. The molecule has 1 heterocycles. The molecule has 4 heteroatoms. The Kier molecular flexibility index (Phi) is 5.47. The molecule has 1 aromatic heterocycles. The number of amides is 1. The van der Waals surface area contributed by atoms with Gasteiger partial charge in [-0.2, -0.15) is 0 Å². The molecule has 1 aromatic carbocycles. The van der Waals surface area contributed by atoms with Gasteiger partial charge in [-0.15, -0.1) is 0 Å². The highest BCUT2D eigenvalue weighted by molar-refractivity contribution is 5.88. The van der Waals surface area contributed by atoms with E-state index >= 15 is 0 Å². The lowest BCUT2D eigenvalue weighted by atomic mass is 9.89. The zero-order chi connectivity index (χ0) is 17.0. The summed E-state index contributed by atoms with van der Waals surface area (Å²) in [6, 6.07) is 4.10. The lowest BCUT2D eigenvalue weighted by molar-refractivity contribution is -0.120. The van der Waals surface area contributed by atoms with Gasteiger partial charge in [0.2, 0.25) is 5.91 Å². The smallest absolute Gasteiger partial charge is 0.224 e. The maximum atomic E-state index is 12.1. The number of carbonyl (C=O) groups is 1. The fourth-order valence-corrected chi connectivity index (χ4v) is 2.58. The standard InChI is InChI=1S/C19H27NO3/c1-13-8-16-15(11-23-17(16)9-14(13)2)10-18(22)20-7-5-6-19(3,4)12-21/h8-9,11,21H,5-7,10,12H2,1-4H3,(H,20,22). The van der Waals surface area contributed by atoms with E-state index in [0.29, 0.717) is 13.0 Å². The minimum atomic E-state index is -0.0825. The van der Waals surface area contributed by atoms with Crippen LogP contribution in [0, 0.1) is 19.3 Å². The van der Waals surface area contributed by atoms with E-state index in [2.05, 4.69) is 25.2 Å². The molecule has 0 radical (unpaired) electrons. The number of benzene rings is 1. The van der Waals surface area contributed by atoms with Gasteiger partial charge in [0.15, 0.2) is 0 Å². The maximum absolute atomic E-state index is 12.1. The van der Waals surface area contributed by atoms with E-state index in [1.807, 2.05) is 19.9 Å². The molecule has 126 valence electrons. The highest BCUT2D eigenvalue weighted by Gasteiger charge is 2.16. The lowest BCUT2D eigenvalue weighted by Crippen LogP contribution is -2.27. The topological polar surface area (TPSA) is 62.5 Å². The molecular formula is C19H27NO3. The second-order valence-electron chi connectivity index (χ2n) is 7.15. The molecule has 0 aliphatic carbocycles. The summed E-state index contributed by atoms with van der Waals surface area (Å²) in [4.78, 5) is 12.1. The number of rotatable bonds is 7. The summed E-state index contributed by atoms with van der Waals surface area (Å²) in [5, 5.41) is 13.2. The van der Waals surface area contributed by atoms with Crippen molar-refractivity contribution >= 4 is 16.9 Å². The van der Waals surface area contributed by atoms with Gasteiger partial charge >= 0.3 is 0 Å². The second-order valence-corrected chi connectivity index (χ2v) is 7.15. The molecule has 0 aliphatic heterocycles. The van der Waals surface area contributed by atoms with Crippen LogP contribution in [0.5, 0.6) is 0 Å². The molecular weight excluding hydrogens is 290 g/mol. The molecule has 2 rings (SSSR count). The van der Waals surface area contributed by atoms with Crippen LogP contribution < -0.4 is 5.32 Å². The van der Waals surface area contributed by atoms with Crippen LogP contribution in [0.15, 0.2) is 22.8 Å². The first-order chi connectivity index (χ1) is 10.8. The minimum absolute atomic E-state index is 0.00716. The number of carbonyl (C=O) groups excluding carboxylic acids is 1. The van der Waals surface area contributed by atoms with Crippen LogP contribution in [0.3, 0.4) is 0 Å². The van der Waals surface area contributed by atoms with Gasteiger partial charge < -0.3 is 14.8 Å². The summed E-state index contributed by atoms with van der Waals surface area (Å²) in [7, 11) is 0. The Balaban J connectivity index is 1.90. The maximum Gasteiger partial charge on any atom is 0.224 e. The first kappa shape index (κ1) is 17.5. The average Bonchev–Trinajstić information content (AvgIpc) is 2.86. The van der Waals surface area contributed by atoms with Crippen LogP contribution in [0.1, 0.15) is 43.4 Å². The van der Waals surface area contributed by atoms with E-state index in [4.69, 9.17) is 4.42 Å². The normalized spacial score (nSPS) is 11.9. The zero-order valence-electron chi connectivity index (χ0n) is 14.5. The lowest BCUT2D eigenvalue weighted by Gasteiger charge is -2.21. The molecule has 1 amide bonds. The van der Waals surface area contributed by atoms with E-state index in [1.165, 1.54) is 11.1 Å². The third kappa shape index (κ3) is 4.58. The molecule has 2 aromatic rings.